The number of nitro benzene ring substituents is 1. The molecule has 2 N–H and O–H groups in total. The topological polar surface area (TPSA) is 89.5 Å². The number of primary amides is 1. The summed E-state index contributed by atoms with van der Waals surface area (Å²) < 4.78 is 0. The summed E-state index contributed by atoms with van der Waals surface area (Å²) in [5, 5.41) is 10.4. The Bertz CT molecular complexity index is 375. The highest BCUT2D eigenvalue weighted by atomic mass is 16.6. The van der Waals surface area contributed by atoms with E-state index in [1.165, 1.54) is 29.2 Å². The van der Waals surface area contributed by atoms with Crippen LogP contribution < -0.4 is 10.6 Å². The van der Waals surface area contributed by atoms with E-state index < -0.39 is 11.0 Å². The molecule has 0 bridgehead atoms. The second-order valence-corrected chi connectivity index (χ2v) is 2.86. The van der Waals surface area contributed by atoms with Crippen LogP contribution >= 0.6 is 0 Å². The van der Waals surface area contributed by atoms with Gasteiger partial charge in [-0.15, -0.1) is 0 Å². The van der Waals surface area contributed by atoms with E-state index in [2.05, 4.69) is 0 Å². The van der Waals surface area contributed by atoms with Crippen LogP contribution in [0.25, 0.3) is 0 Å². The van der Waals surface area contributed by atoms with Gasteiger partial charge in [0.25, 0.3) is 5.69 Å². The van der Waals surface area contributed by atoms with E-state index in [0.29, 0.717) is 12.2 Å². The molecule has 1 aromatic rings. The molecular weight excluding hydrogens is 198 g/mol. The summed E-state index contributed by atoms with van der Waals surface area (Å²) in [6, 6.07) is 5.08. The number of hydrogen-bond donors (Lipinski definition) is 1. The average molecular weight is 209 g/mol. The van der Waals surface area contributed by atoms with Crippen LogP contribution in [0.5, 0.6) is 0 Å². The van der Waals surface area contributed by atoms with Gasteiger partial charge in [-0.1, -0.05) is 0 Å². The Morgan fingerprint density at radius 1 is 1.47 bits per heavy atom. The second kappa shape index (κ2) is 4.41. The Morgan fingerprint density at radius 3 is 2.33 bits per heavy atom. The molecule has 1 rings (SSSR count). The number of rotatable bonds is 3. The molecule has 6 heteroatoms. The van der Waals surface area contributed by atoms with Crippen molar-refractivity contribution in [3.63, 3.8) is 0 Å². The molecule has 0 aliphatic rings. The Labute approximate surface area is 86.4 Å². The highest BCUT2D eigenvalue weighted by Crippen LogP contribution is 2.18. The number of amides is 2. The normalized spacial score (nSPS) is 9.67. The first-order valence-electron chi connectivity index (χ1n) is 4.37. The van der Waals surface area contributed by atoms with Crippen molar-refractivity contribution in [1.29, 1.82) is 0 Å². The molecule has 0 unspecified atom stereocenters. The van der Waals surface area contributed by atoms with Gasteiger partial charge in [0.15, 0.2) is 0 Å². The molecular formula is C9H11N3O3. The van der Waals surface area contributed by atoms with Gasteiger partial charge in [0, 0.05) is 24.4 Å². The maximum absolute atomic E-state index is 11.0. The predicted molar refractivity (Wildman–Crippen MR) is 55.7 cm³/mol. The van der Waals surface area contributed by atoms with Gasteiger partial charge in [-0.2, -0.15) is 0 Å². The van der Waals surface area contributed by atoms with Gasteiger partial charge in [0.05, 0.1) is 4.92 Å². The molecule has 15 heavy (non-hydrogen) atoms. The molecule has 0 aliphatic heterocycles. The van der Waals surface area contributed by atoms with Gasteiger partial charge in [-0.05, 0) is 19.1 Å². The molecule has 0 atom stereocenters. The first kappa shape index (κ1) is 11.0. The van der Waals surface area contributed by atoms with Crippen molar-refractivity contribution >= 4 is 17.4 Å². The molecule has 0 saturated carbocycles. The van der Waals surface area contributed by atoms with Crippen LogP contribution in [0.1, 0.15) is 6.92 Å². The summed E-state index contributed by atoms with van der Waals surface area (Å²) in [6.07, 6.45) is 0. The molecule has 1 aromatic carbocycles. The van der Waals surface area contributed by atoms with Crippen molar-refractivity contribution in [2.45, 2.75) is 6.92 Å². The molecule has 0 saturated heterocycles. The Kier molecular flexibility index (Phi) is 3.22. The molecule has 0 heterocycles. The number of non-ortho nitro benzene ring substituents is 1. The molecule has 0 aromatic heterocycles. The fraction of sp³-hybridized carbons (Fsp3) is 0.222. The lowest BCUT2D eigenvalue weighted by molar-refractivity contribution is -0.384. The third-order valence-corrected chi connectivity index (χ3v) is 1.95. The van der Waals surface area contributed by atoms with Gasteiger partial charge < -0.3 is 5.73 Å². The van der Waals surface area contributed by atoms with Crippen LogP contribution in [0, 0.1) is 10.1 Å². The Balaban J connectivity index is 2.97. The van der Waals surface area contributed by atoms with E-state index in [-0.39, 0.29) is 5.69 Å². The molecule has 0 spiro atoms. The number of urea groups is 1. The fourth-order valence-electron chi connectivity index (χ4n) is 1.22. The summed E-state index contributed by atoms with van der Waals surface area (Å²) in [7, 11) is 0. The van der Waals surface area contributed by atoms with E-state index in [0.717, 1.165) is 0 Å². The fourth-order valence-corrected chi connectivity index (χ4v) is 1.22. The largest absolute Gasteiger partial charge is 0.351 e. The van der Waals surface area contributed by atoms with Crippen LogP contribution in [0.2, 0.25) is 0 Å². The lowest BCUT2D eigenvalue weighted by Gasteiger charge is -2.17. The third-order valence-electron chi connectivity index (χ3n) is 1.95. The van der Waals surface area contributed by atoms with Crippen LogP contribution in [0.15, 0.2) is 24.3 Å². The highest BCUT2D eigenvalue weighted by Gasteiger charge is 2.11. The van der Waals surface area contributed by atoms with Gasteiger partial charge in [-0.25, -0.2) is 4.79 Å². The summed E-state index contributed by atoms with van der Waals surface area (Å²) in [5.41, 5.74) is 5.67. The quantitative estimate of drug-likeness (QED) is 0.604. The van der Waals surface area contributed by atoms with Crippen molar-refractivity contribution < 1.29 is 9.72 Å². The van der Waals surface area contributed by atoms with Crippen LogP contribution in [-0.4, -0.2) is 17.5 Å². The van der Waals surface area contributed by atoms with Crippen LogP contribution in [0.3, 0.4) is 0 Å². The summed E-state index contributed by atoms with van der Waals surface area (Å²) in [4.78, 5) is 22.2. The first-order valence-corrected chi connectivity index (χ1v) is 4.37. The summed E-state index contributed by atoms with van der Waals surface area (Å²) in [6.45, 7) is 2.19. The minimum absolute atomic E-state index is 0.0146. The van der Waals surface area contributed by atoms with Gasteiger partial charge in [0.1, 0.15) is 0 Å². The maximum atomic E-state index is 11.0. The molecule has 0 fully saturated rings. The first-order chi connectivity index (χ1) is 7.06. The SMILES string of the molecule is CCN(C(N)=O)c1ccc([N+](=O)[O-])cc1. The van der Waals surface area contributed by atoms with E-state index in [4.69, 9.17) is 5.73 Å². The summed E-state index contributed by atoms with van der Waals surface area (Å²) >= 11 is 0. The van der Waals surface area contributed by atoms with Crippen molar-refractivity contribution in [2.75, 3.05) is 11.4 Å². The standard InChI is InChI=1S/C9H11N3O3/c1-2-11(9(10)13)7-3-5-8(6-4-7)12(14)15/h3-6H,2H2,1H3,(H2,10,13). The van der Waals surface area contributed by atoms with Crippen molar-refractivity contribution in [3.8, 4) is 0 Å². The maximum Gasteiger partial charge on any atom is 0.319 e. The molecule has 2 amide bonds. The Hall–Kier alpha value is -2.11. The highest BCUT2D eigenvalue weighted by molar-refractivity contribution is 5.90. The van der Waals surface area contributed by atoms with Crippen LogP contribution in [0.4, 0.5) is 16.2 Å². The lowest BCUT2D eigenvalue weighted by atomic mass is 10.2. The van der Waals surface area contributed by atoms with E-state index in [1.54, 1.807) is 6.92 Å². The number of benzene rings is 1. The molecule has 0 radical (unpaired) electrons. The number of carbonyl (C=O) groups is 1. The zero-order chi connectivity index (χ0) is 11.4. The van der Waals surface area contributed by atoms with Crippen molar-refractivity contribution in [2.24, 2.45) is 5.73 Å². The summed E-state index contributed by atoms with van der Waals surface area (Å²) in [5.74, 6) is 0. The van der Waals surface area contributed by atoms with Crippen LogP contribution in [-0.2, 0) is 0 Å². The number of nitrogens with zero attached hydrogens (tertiary/aromatic N) is 2. The third kappa shape index (κ3) is 2.43. The molecule has 0 aliphatic carbocycles. The van der Waals surface area contributed by atoms with Gasteiger partial charge >= 0.3 is 6.03 Å². The number of hydrogen-bond acceptors (Lipinski definition) is 3. The zero-order valence-electron chi connectivity index (χ0n) is 8.21. The van der Waals surface area contributed by atoms with Gasteiger partial charge in [-0.3, -0.25) is 15.0 Å². The smallest absolute Gasteiger partial charge is 0.319 e. The second-order valence-electron chi connectivity index (χ2n) is 2.86. The predicted octanol–water partition coefficient (Wildman–Crippen LogP) is 1.50. The van der Waals surface area contributed by atoms with E-state index in [9.17, 15) is 14.9 Å². The number of anilines is 1. The Morgan fingerprint density at radius 2 is 2.00 bits per heavy atom. The molecule has 80 valence electrons. The minimum atomic E-state index is -0.577. The number of nitro groups is 1. The molecule has 6 nitrogen and oxygen atoms in total. The average Bonchev–Trinajstić information content (AvgIpc) is 2.19. The monoisotopic (exact) mass is 209 g/mol. The lowest BCUT2D eigenvalue weighted by Crippen LogP contribution is -2.35. The minimum Gasteiger partial charge on any atom is -0.351 e. The number of carbonyl (C=O) groups excluding carboxylic acids is 1. The van der Waals surface area contributed by atoms with Crippen molar-refractivity contribution in [1.82, 2.24) is 0 Å². The number of nitrogens with two attached hydrogens (primary N) is 1. The van der Waals surface area contributed by atoms with Crippen molar-refractivity contribution in [3.05, 3.63) is 34.4 Å². The van der Waals surface area contributed by atoms with E-state index >= 15 is 0 Å². The van der Waals surface area contributed by atoms with Gasteiger partial charge in [0.2, 0.25) is 0 Å². The van der Waals surface area contributed by atoms with E-state index in [1.807, 2.05) is 0 Å². The zero-order valence-corrected chi connectivity index (χ0v) is 8.21.